The molecule has 0 spiro atoms. The number of hydrogen-bond donors (Lipinski definition) is 0. The lowest BCUT2D eigenvalue weighted by Gasteiger charge is -2.28. The zero-order valence-corrected chi connectivity index (χ0v) is 9.93. The van der Waals surface area contributed by atoms with Gasteiger partial charge in [0, 0.05) is 24.9 Å². The molecule has 1 aromatic rings. The second kappa shape index (κ2) is 4.27. The standard InChI is InChI=1S/C12H15NOS/c1-9(14)13-6-5-10-7-12(15-2)4-3-11(10)8-13/h3-4,7H,5-6,8H2,1-2H3. The van der Waals surface area contributed by atoms with Crippen molar-refractivity contribution >= 4 is 17.7 Å². The fourth-order valence-corrected chi connectivity index (χ4v) is 2.39. The summed E-state index contributed by atoms with van der Waals surface area (Å²) in [4.78, 5) is 14.5. The van der Waals surface area contributed by atoms with Crippen LogP contribution in [0.2, 0.25) is 0 Å². The van der Waals surface area contributed by atoms with Crippen LogP contribution in [-0.2, 0) is 17.8 Å². The number of carbonyl (C=O) groups excluding carboxylic acids is 1. The number of thioether (sulfide) groups is 1. The van der Waals surface area contributed by atoms with Crippen LogP contribution in [0.1, 0.15) is 18.1 Å². The number of rotatable bonds is 1. The van der Waals surface area contributed by atoms with E-state index in [9.17, 15) is 4.79 Å². The Kier molecular flexibility index (Phi) is 3.00. The molecular formula is C12H15NOS. The summed E-state index contributed by atoms with van der Waals surface area (Å²) in [5.41, 5.74) is 2.70. The van der Waals surface area contributed by atoms with Crippen molar-refractivity contribution in [1.29, 1.82) is 0 Å². The average molecular weight is 221 g/mol. The van der Waals surface area contributed by atoms with Crippen LogP contribution < -0.4 is 0 Å². The Morgan fingerprint density at radius 1 is 1.40 bits per heavy atom. The van der Waals surface area contributed by atoms with Gasteiger partial charge in [-0.15, -0.1) is 11.8 Å². The highest BCUT2D eigenvalue weighted by Crippen LogP contribution is 2.24. The van der Waals surface area contributed by atoms with Crippen LogP contribution in [0.5, 0.6) is 0 Å². The molecule has 0 saturated carbocycles. The summed E-state index contributed by atoms with van der Waals surface area (Å²) in [6.07, 6.45) is 3.08. The fourth-order valence-electron chi connectivity index (χ4n) is 1.93. The molecule has 2 nitrogen and oxygen atoms in total. The third-order valence-electron chi connectivity index (χ3n) is 2.87. The maximum atomic E-state index is 11.3. The van der Waals surface area contributed by atoms with E-state index in [-0.39, 0.29) is 5.91 Å². The van der Waals surface area contributed by atoms with Crippen molar-refractivity contribution in [3.8, 4) is 0 Å². The Balaban J connectivity index is 2.24. The Labute approximate surface area is 94.7 Å². The Hall–Kier alpha value is -0.960. The first-order valence-electron chi connectivity index (χ1n) is 5.12. The van der Waals surface area contributed by atoms with E-state index in [0.717, 1.165) is 19.5 Å². The van der Waals surface area contributed by atoms with E-state index in [1.807, 2.05) is 4.90 Å². The molecule has 80 valence electrons. The van der Waals surface area contributed by atoms with Gasteiger partial charge >= 0.3 is 0 Å². The lowest BCUT2D eigenvalue weighted by molar-refractivity contribution is -0.129. The number of hydrogen-bond acceptors (Lipinski definition) is 2. The first-order chi connectivity index (χ1) is 7.20. The summed E-state index contributed by atoms with van der Waals surface area (Å²) in [6.45, 7) is 3.28. The van der Waals surface area contributed by atoms with Crippen molar-refractivity contribution in [2.75, 3.05) is 12.8 Å². The maximum Gasteiger partial charge on any atom is 0.219 e. The lowest BCUT2D eigenvalue weighted by Crippen LogP contribution is -2.34. The van der Waals surface area contributed by atoms with E-state index in [4.69, 9.17) is 0 Å². The van der Waals surface area contributed by atoms with Crippen molar-refractivity contribution in [1.82, 2.24) is 4.90 Å². The first-order valence-corrected chi connectivity index (χ1v) is 6.34. The minimum atomic E-state index is 0.176. The second-order valence-electron chi connectivity index (χ2n) is 3.83. The van der Waals surface area contributed by atoms with Crippen molar-refractivity contribution in [3.63, 3.8) is 0 Å². The van der Waals surface area contributed by atoms with Crippen LogP contribution in [0.4, 0.5) is 0 Å². The number of nitrogens with zero attached hydrogens (tertiary/aromatic N) is 1. The summed E-state index contributed by atoms with van der Waals surface area (Å²) >= 11 is 1.77. The highest BCUT2D eigenvalue weighted by Gasteiger charge is 2.17. The molecule has 15 heavy (non-hydrogen) atoms. The van der Waals surface area contributed by atoms with E-state index in [1.165, 1.54) is 16.0 Å². The van der Waals surface area contributed by atoms with Gasteiger partial charge in [0.25, 0.3) is 0 Å². The molecule has 1 heterocycles. The molecule has 3 heteroatoms. The van der Waals surface area contributed by atoms with Gasteiger partial charge in [-0.3, -0.25) is 4.79 Å². The van der Waals surface area contributed by atoms with Crippen LogP contribution in [0.15, 0.2) is 23.1 Å². The monoisotopic (exact) mass is 221 g/mol. The number of benzene rings is 1. The quantitative estimate of drug-likeness (QED) is 0.678. The summed E-state index contributed by atoms with van der Waals surface area (Å²) in [5, 5.41) is 0. The molecule has 0 bridgehead atoms. The van der Waals surface area contributed by atoms with Gasteiger partial charge in [-0.1, -0.05) is 6.07 Å². The molecule has 1 amide bonds. The Morgan fingerprint density at radius 3 is 2.87 bits per heavy atom. The van der Waals surface area contributed by atoms with Crippen LogP contribution in [0, 0.1) is 0 Å². The summed E-state index contributed by atoms with van der Waals surface area (Å²) in [5.74, 6) is 0.176. The summed E-state index contributed by atoms with van der Waals surface area (Å²) < 4.78 is 0. The molecule has 1 aromatic carbocycles. The third kappa shape index (κ3) is 2.17. The number of carbonyl (C=O) groups is 1. The van der Waals surface area contributed by atoms with Crippen LogP contribution in [-0.4, -0.2) is 23.6 Å². The highest BCUT2D eigenvalue weighted by atomic mass is 32.2. The smallest absolute Gasteiger partial charge is 0.219 e. The SMILES string of the molecule is CSc1ccc2c(c1)CCN(C(C)=O)C2. The van der Waals surface area contributed by atoms with Gasteiger partial charge in [-0.25, -0.2) is 0 Å². The van der Waals surface area contributed by atoms with E-state index < -0.39 is 0 Å². The van der Waals surface area contributed by atoms with Crippen LogP contribution in [0.3, 0.4) is 0 Å². The van der Waals surface area contributed by atoms with Crippen LogP contribution >= 0.6 is 11.8 Å². The molecule has 0 radical (unpaired) electrons. The van der Waals surface area contributed by atoms with Gasteiger partial charge in [0.05, 0.1) is 0 Å². The maximum absolute atomic E-state index is 11.3. The Bertz CT molecular complexity index is 389. The minimum absolute atomic E-state index is 0.176. The lowest BCUT2D eigenvalue weighted by atomic mass is 10.00. The normalized spacial score (nSPS) is 14.9. The number of fused-ring (bicyclic) bond motifs is 1. The topological polar surface area (TPSA) is 20.3 Å². The van der Waals surface area contributed by atoms with E-state index in [1.54, 1.807) is 18.7 Å². The van der Waals surface area contributed by atoms with Crippen molar-refractivity contribution in [3.05, 3.63) is 29.3 Å². The first kappa shape index (κ1) is 10.6. The van der Waals surface area contributed by atoms with Gasteiger partial charge < -0.3 is 4.90 Å². The minimum Gasteiger partial charge on any atom is -0.338 e. The van der Waals surface area contributed by atoms with E-state index in [2.05, 4.69) is 24.5 Å². The van der Waals surface area contributed by atoms with E-state index in [0.29, 0.717) is 0 Å². The highest BCUT2D eigenvalue weighted by molar-refractivity contribution is 7.98. The van der Waals surface area contributed by atoms with Crippen LogP contribution in [0.25, 0.3) is 0 Å². The zero-order valence-electron chi connectivity index (χ0n) is 9.12. The molecule has 1 aliphatic rings. The molecule has 0 aromatic heterocycles. The fraction of sp³-hybridized carbons (Fsp3) is 0.417. The van der Waals surface area contributed by atoms with Gasteiger partial charge in [0.2, 0.25) is 5.91 Å². The van der Waals surface area contributed by atoms with E-state index >= 15 is 0 Å². The molecular weight excluding hydrogens is 206 g/mol. The third-order valence-corrected chi connectivity index (χ3v) is 3.60. The number of amides is 1. The molecule has 0 aliphatic carbocycles. The van der Waals surface area contributed by atoms with Crippen molar-refractivity contribution in [2.24, 2.45) is 0 Å². The molecule has 0 atom stereocenters. The van der Waals surface area contributed by atoms with Crippen molar-refractivity contribution < 1.29 is 4.79 Å². The van der Waals surface area contributed by atoms with Gasteiger partial charge in [0.1, 0.15) is 0 Å². The average Bonchev–Trinajstić information content (AvgIpc) is 2.27. The predicted octanol–water partition coefficient (Wildman–Crippen LogP) is 2.31. The second-order valence-corrected chi connectivity index (χ2v) is 4.70. The largest absolute Gasteiger partial charge is 0.338 e. The molecule has 2 rings (SSSR count). The predicted molar refractivity (Wildman–Crippen MR) is 63.0 cm³/mol. The Morgan fingerprint density at radius 2 is 2.20 bits per heavy atom. The zero-order chi connectivity index (χ0) is 10.8. The summed E-state index contributed by atoms with van der Waals surface area (Å²) in [7, 11) is 0. The molecule has 1 aliphatic heterocycles. The van der Waals surface area contributed by atoms with Gasteiger partial charge in [-0.05, 0) is 35.9 Å². The van der Waals surface area contributed by atoms with Crippen molar-refractivity contribution in [2.45, 2.75) is 24.8 Å². The molecule has 0 N–H and O–H groups in total. The molecule has 0 fully saturated rings. The van der Waals surface area contributed by atoms with Gasteiger partial charge in [-0.2, -0.15) is 0 Å². The summed E-state index contributed by atoms with van der Waals surface area (Å²) in [6, 6.07) is 6.53. The molecule has 0 unspecified atom stereocenters. The molecule has 0 saturated heterocycles. The van der Waals surface area contributed by atoms with Gasteiger partial charge in [0.15, 0.2) is 0 Å².